The van der Waals surface area contributed by atoms with Gasteiger partial charge in [0.05, 0.1) is 24.9 Å². The van der Waals surface area contributed by atoms with Gasteiger partial charge in [-0.1, -0.05) is 13.8 Å². The minimum Gasteiger partial charge on any atom is -0.492 e. The van der Waals surface area contributed by atoms with E-state index < -0.39 is 17.3 Å². The van der Waals surface area contributed by atoms with E-state index in [0.717, 1.165) is 12.8 Å². The van der Waals surface area contributed by atoms with Crippen molar-refractivity contribution in [3.8, 4) is 5.88 Å². The second kappa shape index (κ2) is 9.01. The van der Waals surface area contributed by atoms with E-state index in [1.807, 2.05) is 27.7 Å². The lowest BCUT2D eigenvalue weighted by atomic mass is 10.2. The number of rotatable bonds is 6. The first kappa shape index (κ1) is 23.0. The first-order valence-corrected chi connectivity index (χ1v) is 11.4. The van der Waals surface area contributed by atoms with Crippen molar-refractivity contribution in [2.75, 3.05) is 13.2 Å². The van der Waals surface area contributed by atoms with Crippen molar-refractivity contribution < 1.29 is 19.4 Å². The second-order valence-electron chi connectivity index (χ2n) is 9.41. The monoisotopic (exact) mass is 457 g/mol. The predicted molar refractivity (Wildman–Crippen MR) is 122 cm³/mol. The lowest BCUT2D eigenvalue weighted by Gasteiger charge is -2.36. The number of hydrogen-bond acceptors (Lipinski definition) is 6. The van der Waals surface area contributed by atoms with Crippen molar-refractivity contribution in [2.45, 2.75) is 65.3 Å². The Morgan fingerprint density at radius 1 is 1.33 bits per heavy atom. The predicted octanol–water partition coefficient (Wildman–Crippen LogP) is 1.40. The van der Waals surface area contributed by atoms with Crippen LogP contribution in [0, 0.1) is 5.92 Å². The van der Waals surface area contributed by atoms with Crippen molar-refractivity contribution in [3.63, 3.8) is 0 Å². The average molecular weight is 458 g/mol. The minimum absolute atomic E-state index is 0.0381. The largest absolute Gasteiger partial charge is 0.492 e. The fourth-order valence-electron chi connectivity index (χ4n) is 4.02. The maximum absolute atomic E-state index is 13.3. The summed E-state index contributed by atoms with van der Waals surface area (Å²) < 4.78 is 8.22. The normalized spacial score (nSPS) is 21.3. The van der Waals surface area contributed by atoms with Crippen LogP contribution >= 0.6 is 0 Å². The van der Waals surface area contributed by atoms with Gasteiger partial charge in [0.15, 0.2) is 5.56 Å². The van der Waals surface area contributed by atoms with Crippen LogP contribution in [-0.2, 0) is 16.1 Å². The summed E-state index contributed by atoms with van der Waals surface area (Å²) in [5.74, 6) is -1.17. The number of carbonyl (C=O) groups excluding carboxylic acids is 2. The summed E-state index contributed by atoms with van der Waals surface area (Å²) in [6, 6.07) is -0.00377. The molecule has 2 atom stereocenters. The number of nitrogens with zero attached hydrogens (tertiary/aromatic N) is 4. The van der Waals surface area contributed by atoms with Gasteiger partial charge in [0.25, 0.3) is 11.5 Å². The van der Waals surface area contributed by atoms with Gasteiger partial charge in [-0.15, -0.1) is 0 Å². The van der Waals surface area contributed by atoms with E-state index in [4.69, 9.17) is 4.74 Å². The SMILES string of the molecule is CC(C)Cn1c(=O)c(C(=O)NC2CC2)c(O)n2ncc(/C=C/C(=O)N3C[C@@H](C)OC[C@@H]3C)c12. The molecule has 2 aliphatic rings. The third kappa shape index (κ3) is 4.66. The fraction of sp³-hybridized carbons (Fsp3) is 0.565. The molecule has 2 aromatic heterocycles. The van der Waals surface area contributed by atoms with Crippen LogP contribution in [0.4, 0.5) is 0 Å². The van der Waals surface area contributed by atoms with Crippen molar-refractivity contribution in [2.24, 2.45) is 5.92 Å². The zero-order valence-corrected chi connectivity index (χ0v) is 19.4. The number of hydrogen-bond donors (Lipinski definition) is 2. The van der Waals surface area contributed by atoms with Gasteiger partial charge in [0.2, 0.25) is 11.8 Å². The molecule has 0 unspecified atom stereocenters. The maximum atomic E-state index is 13.3. The Morgan fingerprint density at radius 3 is 2.73 bits per heavy atom. The Hall–Kier alpha value is -3.14. The zero-order valence-electron chi connectivity index (χ0n) is 19.4. The second-order valence-corrected chi connectivity index (χ2v) is 9.41. The molecule has 10 heteroatoms. The number of nitrogens with one attached hydrogen (secondary N) is 1. The smallest absolute Gasteiger partial charge is 0.270 e. The highest BCUT2D eigenvalue weighted by atomic mass is 16.5. The fourth-order valence-corrected chi connectivity index (χ4v) is 4.02. The standard InChI is InChI=1S/C23H31N5O5/c1-13(2)10-27-21-16(5-8-18(29)26-11-15(4)33-12-14(26)3)9-24-28(21)23(32)19(22(27)31)20(30)25-17-6-7-17/h5,8-9,13-15,17,32H,6-7,10-12H2,1-4H3,(H,25,30)/b8-5+/t14-,15+/m0/s1. The first-order valence-electron chi connectivity index (χ1n) is 11.4. The van der Waals surface area contributed by atoms with Crippen molar-refractivity contribution in [3.05, 3.63) is 33.8 Å². The summed E-state index contributed by atoms with van der Waals surface area (Å²) >= 11 is 0. The average Bonchev–Trinajstić information content (AvgIpc) is 3.46. The molecule has 0 bridgehead atoms. The van der Waals surface area contributed by atoms with E-state index >= 15 is 0 Å². The molecule has 0 aromatic carbocycles. The highest BCUT2D eigenvalue weighted by Gasteiger charge is 2.30. The quantitative estimate of drug-likeness (QED) is 0.633. The Labute approximate surface area is 191 Å². The number of aromatic hydroxyl groups is 1. The molecule has 4 rings (SSSR count). The van der Waals surface area contributed by atoms with Crippen LogP contribution in [0.25, 0.3) is 11.7 Å². The Bertz CT molecular complexity index is 1160. The maximum Gasteiger partial charge on any atom is 0.270 e. The summed E-state index contributed by atoms with van der Waals surface area (Å²) in [6.07, 6.45) is 6.20. The lowest BCUT2D eigenvalue weighted by molar-refractivity contribution is -0.137. The van der Waals surface area contributed by atoms with Gasteiger partial charge in [0, 0.05) is 30.8 Å². The van der Waals surface area contributed by atoms with E-state index in [-0.39, 0.29) is 35.6 Å². The van der Waals surface area contributed by atoms with Crippen molar-refractivity contribution in [1.29, 1.82) is 0 Å². The zero-order chi connectivity index (χ0) is 23.9. The molecule has 3 heterocycles. The number of morpholine rings is 1. The lowest BCUT2D eigenvalue weighted by Crippen LogP contribution is -2.49. The number of aromatic nitrogens is 3. The molecular formula is C23H31N5O5. The van der Waals surface area contributed by atoms with Crippen LogP contribution in [0.2, 0.25) is 0 Å². The van der Waals surface area contributed by atoms with Crippen molar-refractivity contribution >= 4 is 23.5 Å². The van der Waals surface area contributed by atoms with Crippen LogP contribution in [0.15, 0.2) is 17.1 Å². The van der Waals surface area contributed by atoms with Gasteiger partial charge in [-0.05, 0) is 38.7 Å². The van der Waals surface area contributed by atoms with Crippen molar-refractivity contribution in [1.82, 2.24) is 24.4 Å². The van der Waals surface area contributed by atoms with Crippen LogP contribution in [0.3, 0.4) is 0 Å². The van der Waals surface area contributed by atoms with Gasteiger partial charge in [-0.25, -0.2) is 0 Å². The molecule has 2 aromatic rings. The van der Waals surface area contributed by atoms with Gasteiger partial charge in [-0.2, -0.15) is 9.61 Å². The number of amides is 2. The molecule has 1 aliphatic carbocycles. The highest BCUT2D eigenvalue weighted by Crippen LogP contribution is 2.24. The number of carbonyl (C=O) groups is 2. The molecular weight excluding hydrogens is 426 g/mol. The van der Waals surface area contributed by atoms with E-state index in [1.54, 1.807) is 11.0 Å². The van der Waals surface area contributed by atoms with Gasteiger partial charge in [0.1, 0.15) is 5.65 Å². The number of ether oxygens (including phenoxy) is 1. The van der Waals surface area contributed by atoms with Crippen LogP contribution < -0.4 is 10.9 Å². The molecule has 0 radical (unpaired) electrons. The molecule has 33 heavy (non-hydrogen) atoms. The summed E-state index contributed by atoms with van der Waals surface area (Å²) in [5, 5.41) is 17.7. The van der Waals surface area contributed by atoms with E-state index in [9.17, 15) is 19.5 Å². The molecule has 1 saturated carbocycles. The van der Waals surface area contributed by atoms with Crippen LogP contribution in [0.1, 0.15) is 56.5 Å². The van der Waals surface area contributed by atoms with Gasteiger partial charge >= 0.3 is 0 Å². The van der Waals surface area contributed by atoms with Crippen LogP contribution in [-0.4, -0.2) is 67.3 Å². The first-order chi connectivity index (χ1) is 15.7. The topological polar surface area (TPSA) is 118 Å². The molecule has 2 fully saturated rings. The highest BCUT2D eigenvalue weighted by molar-refractivity contribution is 5.97. The summed E-state index contributed by atoms with van der Waals surface area (Å²) in [7, 11) is 0. The number of fused-ring (bicyclic) bond motifs is 1. The molecule has 10 nitrogen and oxygen atoms in total. The molecule has 2 amide bonds. The minimum atomic E-state index is -0.599. The van der Waals surface area contributed by atoms with E-state index in [1.165, 1.54) is 21.4 Å². The third-order valence-electron chi connectivity index (χ3n) is 5.89. The molecule has 0 spiro atoms. The molecule has 2 N–H and O–H groups in total. The molecule has 1 aliphatic heterocycles. The van der Waals surface area contributed by atoms with E-state index in [0.29, 0.717) is 30.9 Å². The Balaban J connectivity index is 1.74. The third-order valence-corrected chi connectivity index (χ3v) is 5.89. The summed E-state index contributed by atoms with van der Waals surface area (Å²) in [6.45, 7) is 9.06. The molecule has 1 saturated heterocycles. The summed E-state index contributed by atoms with van der Waals surface area (Å²) in [5.41, 5.74) is -0.0639. The van der Waals surface area contributed by atoms with Gasteiger partial charge in [-0.3, -0.25) is 19.0 Å². The summed E-state index contributed by atoms with van der Waals surface area (Å²) in [4.78, 5) is 40.5. The Kier molecular flexibility index (Phi) is 6.29. The van der Waals surface area contributed by atoms with Crippen LogP contribution in [0.5, 0.6) is 5.88 Å². The van der Waals surface area contributed by atoms with E-state index in [2.05, 4.69) is 10.4 Å². The molecule has 178 valence electrons. The van der Waals surface area contributed by atoms with Gasteiger partial charge < -0.3 is 20.1 Å². The Morgan fingerprint density at radius 2 is 2.06 bits per heavy atom.